The molecule has 0 saturated carbocycles. The molecule has 2 amide bonds. The molecule has 9 heteroatoms. The first-order chi connectivity index (χ1) is 20.8. The zero-order chi connectivity index (χ0) is 30.3. The van der Waals surface area contributed by atoms with E-state index in [1.165, 1.54) is 10.1 Å². The van der Waals surface area contributed by atoms with Crippen molar-refractivity contribution in [1.29, 1.82) is 0 Å². The van der Waals surface area contributed by atoms with Crippen molar-refractivity contribution in [2.45, 2.75) is 65.2 Å². The number of nitrogens with zero attached hydrogens (tertiary/aromatic N) is 3. The Bertz CT molecular complexity index is 1720. The van der Waals surface area contributed by atoms with Gasteiger partial charge >= 0.3 is 5.69 Å². The number of carbonyl (C=O) groups excluding carboxylic acids is 2. The Labute approximate surface area is 251 Å². The normalized spacial score (nSPS) is 14.1. The lowest BCUT2D eigenvalue weighted by Gasteiger charge is -2.32. The van der Waals surface area contributed by atoms with E-state index < -0.39 is 11.2 Å². The Morgan fingerprint density at radius 3 is 2.33 bits per heavy atom. The fourth-order valence-corrected chi connectivity index (χ4v) is 5.78. The largest absolute Gasteiger partial charge is 0.353 e. The Hall–Kier alpha value is -4.50. The van der Waals surface area contributed by atoms with Crippen LogP contribution in [0.25, 0.3) is 10.9 Å². The van der Waals surface area contributed by atoms with Crippen LogP contribution in [0.4, 0.5) is 5.69 Å². The van der Waals surface area contributed by atoms with Crippen LogP contribution in [0, 0.1) is 13.8 Å². The summed E-state index contributed by atoms with van der Waals surface area (Å²) in [6, 6.07) is 23.0. The molecule has 0 spiro atoms. The van der Waals surface area contributed by atoms with Gasteiger partial charge in [0, 0.05) is 44.3 Å². The highest BCUT2D eigenvalue weighted by molar-refractivity contribution is 5.92. The fraction of sp³-hybridized carbons (Fsp3) is 0.353. The van der Waals surface area contributed by atoms with Crippen molar-refractivity contribution in [3.63, 3.8) is 0 Å². The molecule has 0 aliphatic carbocycles. The quantitative estimate of drug-likeness (QED) is 0.295. The van der Waals surface area contributed by atoms with Gasteiger partial charge in [0.1, 0.15) is 6.54 Å². The number of benzene rings is 3. The first-order valence-corrected chi connectivity index (χ1v) is 14.9. The third-order valence-corrected chi connectivity index (χ3v) is 8.08. The number of fused-ring (bicyclic) bond motifs is 1. The Morgan fingerprint density at radius 1 is 0.860 bits per heavy atom. The van der Waals surface area contributed by atoms with Crippen LogP contribution in [0.3, 0.4) is 0 Å². The molecule has 0 atom stereocenters. The fourth-order valence-electron chi connectivity index (χ4n) is 5.78. The smallest absolute Gasteiger partial charge is 0.331 e. The average Bonchev–Trinajstić information content (AvgIpc) is 3.00. The minimum absolute atomic E-state index is 0.0801. The standard InChI is InChI=1S/C34H39N5O4/c1-24-14-15-29(25(2)21-24)36-32(41)23-39-30-12-7-6-11-28(30)33(42)38(34(39)43)18-8-13-31(40)35-27-16-19-37(20-17-27)22-26-9-4-3-5-10-26/h3-7,9-12,14-15,21,27H,8,13,16-20,22-23H2,1-2H3,(H,35,40)(H,36,41). The Kier molecular flexibility index (Phi) is 9.51. The van der Waals surface area contributed by atoms with Crippen molar-refractivity contribution >= 4 is 28.4 Å². The number of hydrogen-bond acceptors (Lipinski definition) is 5. The summed E-state index contributed by atoms with van der Waals surface area (Å²) in [7, 11) is 0. The van der Waals surface area contributed by atoms with Gasteiger partial charge in [0.15, 0.2) is 0 Å². The second-order valence-corrected chi connectivity index (χ2v) is 11.4. The second kappa shape index (κ2) is 13.6. The number of nitrogens with one attached hydrogen (secondary N) is 2. The van der Waals surface area contributed by atoms with Crippen LogP contribution in [-0.4, -0.2) is 45.0 Å². The molecule has 1 fully saturated rings. The molecule has 43 heavy (non-hydrogen) atoms. The van der Waals surface area contributed by atoms with Gasteiger partial charge in [-0.2, -0.15) is 0 Å². The summed E-state index contributed by atoms with van der Waals surface area (Å²) < 4.78 is 2.47. The van der Waals surface area contributed by atoms with E-state index >= 15 is 0 Å². The van der Waals surface area contributed by atoms with Crippen LogP contribution < -0.4 is 21.9 Å². The monoisotopic (exact) mass is 581 g/mol. The molecule has 3 aromatic carbocycles. The van der Waals surface area contributed by atoms with E-state index in [-0.39, 0.29) is 37.4 Å². The summed E-state index contributed by atoms with van der Waals surface area (Å²) in [5.41, 5.74) is 3.39. The van der Waals surface area contributed by atoms with Crippen LogP contribution in [0.5, 0.6) is 0 Å². The number of rotatable bonds is 10. The molecule has 1 aromatic heterocycles. The maximum absolute atomic E-state index is 13.5. The minimum Gasteiger partial charge on any atom is -0.353 e. The van der Waals surface area contributed by atoms with Gasteiger partial charge in [-0.25, -0.2) is 4.79 Å². The van der Waals surface area contributed by atoms with Crippen LogP contribution in [0.15, 0.2) is 82.4 Å². The lowest BCUT2D eigenvalue weighted by Crippen LogP contribution is -2.44. The van der Waals surface area contributed by atoms with Crippen molar-refractivity contribution in [2.24, 2.45) is 0 Å². The Balaban J connectivity index is 1.19. The highest BCUT2D eigenvalue weighted by Gasteiger charge is 2.21. The SMILES string of the molecule is Cc1ccc(NC(=O)Cn2c(=O)n(CCCC(=O)NC3CCN(Cc4ccccc4)CC3)c(=O)c3ccccc32)c(C)c1. The van der Waals surface area contributed by atoms with Crippen molar-refractivity contribution in [3.8, 4) is 0 Å². The number of anilines is 1. The average molecular weight is 582 g/mol. The first-order valence-electron chi connectivity index (χ1n) is 14.9. The maximum Gasteiger partial charge on any atom is 0.331 e. The van der Waals surface area contributed by atoms with E-state index in [1.54, 1.807) is 24.3 Å². The molecule has 4 aromatic rings. The van der Waals surface area contributed by atoms with Crippen molar-refractivity contribution < 1.29 is 9.59 Å². The molecule has 2 N–H and O–H groups in total. The number of carbonyl (C=O) groups is 2. The van der Waals surface area contributed by atoms with Gasteiger partial charge in [-0.3, -0.25) is 28.4 Å². The number of amides is 2. The third kappa shape index (κ3) is 7.48. The highest BCUT2D eigenvalue weighted by atomic mass is 16.2. The zero-order valence-corrected chi connectivity index (χ0v) is 24.8. The van der Waals surface area contributed by atoms with Gasteiger partial charge in [0.25, 0.3) is 5.56 Å². The van der Waals surface area contributed by atoms with E-state index in [1.807, 2.05) is 50.2 Å². The number of aryl methyl sites for hydroxylation is 2. The Morgan fingerprint density at radius 2 is 1.58 bits per heavy atom. The highest BCUT2D eigenvalue weighted by Crippen LogP contribution is 2.17. The summed E-state index contributed by atoms with van der Waals surface area (Å²) >= 11 is 0. The predicted octanol–water partition coefficient (Wildman–Crippen LogP) is 3.98. The summed E-state index contributed by atoms with van der Waals surface area (Å²) in [6.45, 7) is 6.49. The number of hydrogen-bond donors (Lipinski definition) is 2. The van der Waals surface area contributed by atoms with Crippen molar-refractivity contribution in [3.05, 3.63) is 110 Å². The molecule has 0 bridgehead atoms. The first kappa shape index (κ1) is 30.0. The van der Waals surface area contributed by atoms with E-state index in [0.717, 1.165) is 48.2 Å². The molecule has 5 rings (SSSR count). The van der Waals surface area contributed by atoms with Crippen molar-refractivity contribution in [2.75, 3.05) is 18.4 Å². The topological polar surface area (TPSA) is 105 Å². The number of likely N-dealkylation sites (tertiary alicyclic amines) is 1. The van der Waals surface area contributed by atoms with E-state index in [4.69, 9.17) is 0 Å². The predicted molar refractivity (Wildman–Crippen MR) is 169 cm³/mol. The van der Waals surface area contributed by atoms with Gasteiger partial charge in [-0.1, -0.05) is 60.2 Å². The minimum atomic E-state index is -0.564. The van der Waals surface area contributed by atoms with Crippen LogP contribution >= 0.6 is 0 Å². The molecule has 1 aliphatic heterocycles. The molecule has 224 valence electrons. The number of para-hydroxylation sites is 1. The second-order valence-electron chi connectivity index (χ2n) is 11.4. The molecule has 2 heterocycles. The molecule has 9 nitrogen and oxygen atoms in total. The lowest BCUT2D eigenvalue weighted by molar-refractivity contribution is -0.122. The van der Waals surface area contributed by atoms with E-state index in [0.29, 0.717) is 23.0 Å². The number of aromatic nitrogens is 2. The van der Waals surface area contributed by atoms with E-state index in [2.05, 4.69) is 27.7 Å². The molecular formula is C34H39N5O4. The zero-order valence-electron chi connectivity index (χ0n) is 24.8. The van der Waals surface area contributed by atoms with Gasteiger partial charge in [0.05, 0.1) is 10.9 Å². The van der Waals surface area contributed by atoms with Gasteiger partial charge < -0.3 is 10.6 Å². The maximum atomic E-state index is 13.5. The number of piperidine rings is 1. The van der Waals surface area contributed by atoms with Crippen LogP contribution in [0.2, 0.25) is 0 Å². The summed E-state index contributed by atoms with van der Waals surface area (Å²) in [5, 5.41) is 6.36. The van der Waals surface area contributed by atoms with Crippen LogP contribution in [0.1, 0.15) is 42.4 Å². The summed E-state index contributed by atoms with van der Waals surface area (Å²) in [5.74, 6) is -0.442. The summed E-state index contributed by atoms with van der Waals surface area (Å²) in [4.78, 5) is 54.9. The van der Waals surface area contributed by atoms with Gasteiger partial charge in [-0.05, 0) is 62.4 Å². The third-order valence-electron chi connectivity index (χ3n) is 8.08. The van der Waals surface area contributed by atoms with Gasteiger partial charge in [-0.15, -0.1) is 0 Å². The molecule has 0 unspecified atom stereocenters. The van der Waals surface area contributed by atoms with E-state index in [9.17, 15) is 19.2 Å². The van der Waals surface area contributed by atoms with Crippen LogP contribution in [-0.2, 0) is 29.2 Å². The summed E-state index contributed by atoms with van der Waals surface area (Å²) in [6.07, 6.45) is 2.31. The van der Waals surface area contributed by atoms with Gasteiger partial charge in [0.2, 0.25) is 11.8 Å². The molecule has 1 aliphatic rings. The molecule has 1 saturated heterocycles. The van der Waals surface area contributed by atoms with Crippen molar-refractivity contribution in [1.82, 2.24) is 19.4 Å². The molecular weight excluding hydrogens is 542 g/mol. The molecule has 0 radical (unpaired) electrons. The lowest BCUT2D eigenvalue weighted by atomic mass is 10.0.